The Bertz CT molecular complexity index is 588. The summed E-state index contributed by atoms with van der Waals surface area (Å²) in [6.45, 7) is 8.73. The molecule has 4 saturated carbocycles. The first-order chi connectivity index (χ1) is 12.7. The topological polar surface area (TPSA) is 46.5 Å². The van der Waals surface area contributed by atoms with Crippen molar-refractivity contribution < 1.29 is 14.6 Å². The molecule has 4 fully saturated rings. The molecule has 0 amide bonds. The molecule has 27 heavy (non-hydrogen) atoms. The van der Waals surface area contributed by atoms with Crippen LogP contribution in [0.15, 0.2) is 0 Å². The molecular formula is C24H40O3. The Morgan fingerprint density at radius 2 is 1.78 bits per heavy atom. The van der Waals surface area contributed by atoms with Gasteiger partial charge in [0.25, 0.3) is 0 Å². The lowest BCUT2D eigenvalue weighted by molar-refractivity contribution is -0.170. The average Bonchev–Trinajstić information content (AvgIpc) is 2.86. The highest BCUT2D eigenvalue weighted by atomic mass is 16.5. The molecule has 4 aliphatic rings. The Morgan fingerprint density at radius 1 is 1.04 bits per heavy atom. The normalized spacial score (nSPS) is 51.8. The maximum atomic E-state index is 11.5. The van der Waals surface area contributed by atoms with Crippen molar-refractivity contribution in [2.45, 2.75) is 110 Å². The Balaban J connectivity index is 1.54. The van der Waals surface area contributed by atoms with Crippen molar-refractivity contribution in [3.8, 4) is 0 Å². The van der Waals surface area contributed by atoms with E-state index in [0.717, 1.165) is 43.9 Å². The fourth-order valence-electron chi connectivity index (χ4n) is 8.49. The number of aliphatic hydroxyl groups is 1. The van der Waals surface area contributed by atoms with E-state index in [1.807, 2.05) is 0 Å². The van der Waals surface area contributed by atoms with Crippen LogP contribution in [-0.2, 0) is 9.53 Å². The summed E-state index contributed by atoms with van der Waals surface area (Å²) in [5, 5.41) is 11.5. The minimum Gasteiger partial charge on any atom is -0.463 e. The molecule has 0 aromatic rings. The highest BCUT2D eigenvalue weighted by molar-refractivity contribution is 5.66. The standard InChI is InChI=1S/C24H40O3/c1-5-11-24(26)14-10-21-19-7-6-17-15-18(27-16(2)25)8-12-22(17,3)20(19)9-13-23(21,24)4/h17-21,26H,5-15H2,1-4H3/t17-,18-,19-,20+,21+,22-,23+,24-/m0/s1. The van der Waals surface area contributed by atoms with E-state index >= 15 is 0 Å². The molecule has 0 radical (unpaired) electrons. The molecule has 0 heterocycles. The summed E-state index contributed by atoms with van der Waals surface area (Å²) in [5.41, 5.74) is 0.108. The lowest BCUT2D eigenvalue weighted by Gasteiger charge is -2.61. The Kier molecular flexibility index (Phi) is 4.93. The van der Waals surface area contributed by atoms with Crippen molar-refractivity contribution in [3.63, 3.8) is 0 Å². The quantitative estimate of drug-likeness (QED) is 0.662. The van der Waals surface area contributed by atoms with Crippen molar-refractivity contribution >= 4 is 5.97 Å². The molecule has 0 unspecified atom stereocenters. The van der Waals surface area contributed by atoms with Crippen molar-refractivity contribution in [3.05, 3.63) is 0 Å². The summed E-state index contributed by atoms with van der Waals surface area (Å²) >= 11 is 0. The second kappa shape index (κ2) is 6.75. The first-order valence-corrected chi connectivity index (χ1v) is 11.6. The van der Waals surface area contributed by atoms with Gasteiger partial charge < -0.3 is 9.84 Å². The molecule has 8 atom stereocenters. The van der Waals surface area contributed by atoms with Gasteiger partial charge in [0.2, 0.25) is 0 Å². The second-order valence-electron chi connectivity index (χ2n) is 10.9. The van der Waals surface area contributed by atoms with Gasteiger partial charge in [0.15, 0.2) is 0 Å². The number of esters is 1. The summed E-state index contributed by atoms with van der Waals surface area (Å²) in [6.07, 6.45) is 12.9. The van der Waals surface area contributed by atoms with Crippen LogP contribution in [0.1, 0.15) is 98.3 Å². The van der Waals surface area contributed by atoms with E-state index in [2.05, 4.69) is 20.8 Å². The van der Waals surface area contributed by atoms with Crippen LogP contribution >= 0.6 is 0 Å². The summed E-state index contributed by atoms with van der Waals surface area (Å²) in [5.74, 6) is 2.89. The summed E-state index contributed by atoms with van der Waals surface area (Å²) in [4.78, 5) is 11.4. The van der Waals surface area contributed by atoms with Gasteiger partial charge in [-0.05, 0) is 98.7 Å². The third kappa shape index (κ3) is 2.90. The molecule has 0 aliphatic heterocycles. The zero-order valence-corrected chi connectivity index (χ0v) is 17.9. The van der Waals surface area contributed by atoms with Crippen LogP contribution in [0.3, 0.4) is 0 Å². The molecule has 0 aromatic carbocycles. The van der Waals surface area contributed by atoms with E-state index in [1.54, 1.807) is 6.92 Å². The van der Waals surface area contributed by atoms with Gasteiger partial charge >= 0.3 is 5.97 Å². The minimum atomic E-state index is -0.428. The summed E-state index contributed by atoms with van der Waals surface area (Å²) in [6, 6.07) is 0. The van der Waals surface area contributed by atoms with Crippen molar-refractivity contribution in [1.29, 1.82) is 0 Å². The zero-order chi connectivity index (χ0) is 19.4. The lowest BCUT2D eigenvalue weighted by Crippen LogP contribution is -2.56. The highest BCUT2D eigenvalue weighted by Gasteiger charge is 2.64. The van der Waals surface area contributed by atoms with Crippen LogP contribution in [0.5, 0.6) is 0 Å². The lowest BCUT2D eigenvalue weighted by atomic mass is 9.44. The molecule has 154 valence electrons. The maximum absolute atomic E-state index is 11.5. The van der Waals surface area contributed by atoms with E-state index in [0.29, 0.717) is 17.3 Å². The van der Waals surface area contributed by atoms with Crippen LogP contribution in [0, 0.1) is 34.5 Å². The number of hydrogen-bond acceptors (Lipinski definition) is 3. The zero-order valence-electron chi connectivity index (χ0n) is 17.9. The van der Waals surface area contributed by atoms with Crippen LogP contribution in [0.2, 0.25) is 0 Å². The van der Waals surface area contributed by atoms with Gasteiger partial charge in [0, 0.05) is 6.92 Å². The number of fused-ring (bicyclic) bond motifs is 5. The van der Waals surface area contributed by atoms with Crippen molar-refractivity contribution in [2.75, 3.05) is 0 Å². The van der Waals surface area contributed by atoms with E-state index < -0.39 is 5.60 Å². The third-order valence-electron chi connectivity index (χ3n) is 9.94. The van der Waals surface area contributed by atoms with E-state index in [1.165, 1.54) is 38.5 Å². The van der Waals surface area contributed by atoms with Gasteiger partial charge in [-0.1, -0.05) is 27.2 Å². The average molecular weight is 377 g/mol. The van der Waals surface area contributed by atoms with Crippen LogP contribution in [0.4, 0.5) is 0 Å². The SMILES string of the molecule is CCC[C@]1(O)CC[C@@H]2[C@H]3CC[C@H]4C[C@@H](OC(C)=O)CC[C@]4(C)[C@@H]3CC[C@]21C. The first kappa shape index (κ1) is 19.7. The number of carbonyl (C=O) groups is 1. The predicted molar refractivity (Wildman–Crippen MR) is 107 cm³/mol. The number of hydrogen-bond donors (Lipinski definition) is 1. The van der Waals surface area contributed by atoms with Gasteiger partial charge in [-0.3, -0.25) is 4.79 Å². The van der Waals surface area contributed by atoms with Gasteiger partial charge in [-0.15, -0.1) is 0 Å². The van der Waals surface area contributed by atoms with Crippen molar-refractivity contribution in [1.82, 2.24) is 0 Å². The van der Waals surface area contributed by atoms with Gasteiger partial charge in [0.1, 0.15) is 6.10 Å². The molecule has 3 nitrogen and oxygen atoms in total. The van der Waals surface area contributed by atoms with E-state index in [-0.39, 0.29) is 17.5 Å². The molecule has 4 aliphatic carbocycles. The van der Waals surface area contributed by atoms with Crippen molar-refractivity contribution in [2.24, 2.45) is 34.5 Å². The van der Waals surface area contributed by atoms with Crippen LogP contribution < -0.4 is 0 Å². The molecule has 0 spiro atoms. The fourth-order valence-corrected chi connectivity index (χ4v) is 8.49. The third-order valence-corrected chi connectivity index (χ3v) is 9.94. The smallest absolute Gasteiger partial charge is 0.302 e. The van der Waals surface area contributed by atoms with E-state index in [4.69, 9.17) is 4.74 Å². The predicted octanol–water partition coefficient (Wildman–Crippen LogP) is 5.49. The molecule has 0 aromatic heterocycles. The van der Waals surface area contributed by atoms with Crippen LogP contribution in [0.25, 0.3) is 0 Å². The number of carbonyl (C=O) groups excluding carboxylic acids is 1. The summed E-state index contributed by atoms with van der Waals surface area (Å²) < 4.78 is 5.59. The Labute approximate surface area is 165 Å². The molecule has 0 bridgehead atoms. The second-order valence-corrected chi connectivity index (χ2v) is 10.9. The largest absolute Gasteiger partial charge is 0.463 e. The monoisotopic (exact) mass is 376 g/mol. The molecule has 1 N–H and O–H groups in total. The van der Waals surface area contributed by atoms with E-state index in [9.17, 15) is 9.90 Å². The highest BCUT2D eigenvalue weighted by Crippen LogP contribution is 2.68. The number of rotatable bonds is 3. The van der Waals surface area contributed by atoms with Gasteiger partial charge in [-0.25, -0.2) is 0 Å². The Hall–Kier alpha value is -0.570. The Morgan fingerprint density at radius 3 is 2.48 bits per heavy atom. The molecule has 3 heteroatoms. The molecule has 4 rings (SSSR count). The molecular weight excluding hydrogens is 336 g/mol. The molecule has 0 saturated heterocycles. The maximum Gasteiger partial charge on any atom is 0.302 e. The van der Waals surface area contributed by atoms with Gasteiger partial charge in [0.05, 0.1) is 5.60 Å². The fraction of sp³-hybridized carbons (Fsp3) is 0.958. The summed E-state index contributed by atoms with van der Waals surface area (Å²) in [7, 11) is 0. The number of ether oxygens (including phenoxy) is 1. The van der Waals surface area contributed by atoms with Crippen LogP contribution in [-0.4, -0.2) is 22.8 Å². The van der Waals surface area contributed by atoms with Gasteiger partial charge in [-0.2, -0.15) is 0 Å². The first-order valence-electron chi connectivity index (χ1n) is 11.6. The minimum absolute atomic E-state index is 0.119.